The molecule has 1 heterocycles. The van der Waals surface area contributed by atoms with E-state index in [4.69, 9.17) is 9.47 Å². The third-order valence-corrected chi connectivity index (χ3v) is 6.78. The molecule has 0 bridgehead atoms. The summed E-state index contributed by atoms with van der Waals surface area (Å²) in [7, 11) is 3.08. The fraction of sp³-hybridized carbons (Fsp3) is 0.292. The Morgan fingerprint density at radius 2 is 1.82 bits per heavy atom. The van der Waals surface area contributed by atoms with Crippen molar-refractivity contribution in [2.75, 3.05) is 33.1 Å². The Morgan fingerprint density at radius 1 is 1.09 bits per heavy atom. The number of nitrogens with zero attached hydrogens (tertiary/aromatic N) is 1. The summed E-state index contributed by atoms with van der Waals surface area (Å²) in [6.45, 7) is 2.38. The van der Waals surface area contributed by atoms with Gasteiger partial charge in [0.05, 0.1) is 19.1 Å². The van der Waals surface area contributed by atoms with Gasteiger partial charge >= 0.3 is 0 Å². The molecule has 7 nitrogen and oxygen atoms in total. The highest BCUT2D eigenvalue weighted by atomic mass is 32.2. The van der Waals surface area contributed by atoms with Crippen molar-refractivity contribution < 1.29 is 23.9 Å². The number of thioether (sulfide) groups is 2. The Labute approximate surface area is 201 Å². The molecule has 1 aliphatic heterocycles. The Hall–Kier alpha value is -2.91. The number of hydrogen-bond acceptors (Lipinski definition) is 7. The second-order valence-electron chi connectivity index (χ2n) is 7.21. The van der Waals surface area contributed by atoms with E-state index in [9.17, 15) is 14.4 Å². The van der Waals surface area contributed by atoms with Crippen molar-refractivity contribution >= 4 is 46.7 Å². The van der Waals surface area contributed by atoms with Crippen LogP contribution in [0.3, 0.4) is 0 Å². The van der Waals surface area contributed by atoms with Crippen LogP contribution >= 0.6 is 23.5 Å². The molecule has 2 aromatic carbocycles. The number of benzene rings is 2. The number of rotatable bonds is 10. The van der Waals surface area contributed by atoms with Crippen LogP contribution in [0.25, 0.3) is 6.08 Å². The van der Waals surface area contributed by atoms with Crippen molar-refractivity contribution in [1.29, 1.82) is 0 Å². The van der Waals surface area contributed by atoms with Gasteiger partial charge in [-0.2, -0.15) is 0 Å². The minimum absolute atomic E-state index is 0.109. The maximum atomic E-state index is 12.7. The van der Waals surface area contributed by atoms with Crippen LogP contribution in [0.15, 0.2) is 52.3 Å². The van der Waals surface area contributed by atoms with Crippen molar-refractivity contribution in [2.45, 2.75) is 18.2 Å². The minimum atomic E-state index is -0.371. The van der Waals surface area contributed by atoms with E-state index in [0.29, 0.717) is 28.6 Å². The lowest BCUT2D eigenvalue weighted by molar-refractivity contribution is -0.124. The number of hydrogen-bond donors (Lipinski definition) is 1. The number of carbonyl (C=O) groups is 3. The molecule has 0 spiro atoms. The monoisotopic (exact) mass is 486 g/mol. The van der Waals surface area contributed by atoms with E-state index >= 15 is 0 Å². The number of amides is 3. The fourth-order valence-electron chi connectivity index (χ4n) is 3.08. The highest BCUT2D eigenvalue weighted by Crippen LogP contribution is 2.34. The summed E-state index contributed by atoms with van der Waals surface area (Å²) in [6, 6.07) is 13.4. The Bertz CT molecular complexity index is 1050. The molecule has 174 valence electrons. The van der Waals surface area contributed by atoms with E-state index in [0.717, 1.165) is 27.1 Å². The van der Waals surface area contributed by atoms with Crippen LogP contribution in [0.5, 0.6) is 11.5 Å². The van der Waals surface area contributed by atoms with Gasteiger partial charge in [0.1, 0.15) is 0 Å². The maximum Gasteiger partial charge on any atom is 0.293 e. The molecule has 1 saturated heterocycles. The minimum Gasteiger partial charge on any atom is -0.493 e. The summed E-state index contributed by atoms with van der Waals surface area (Å²) in [4.78, 5) is 39.7. The van der Waals surface area contributed by atoms with Crippen molar-refractivity contribution in [3.63, 3.8) is 0 Å². The zero-order chi connectivity index (χ0) is 23.8. The summed E-state index contributed by atoms with van der Waals surface area (Å²) in [5.74, 6) is 1.29. The van der Waals surface area contributed by atoms with Crippen LogP contribution in [-0.2, 0) is 9.59 Å². The SMILES string of the molecule is COc1ccc(/C=C2/SC(=O)N(CCNC(=O)CCSc3ccc(C)cc3)C2=O)cc1OC. The molecule has 3 amide bonds. The topological polar surface area (TPSA) is 84.9 Å². The molecular formula is C24H26N2O5S2. The largest absolute Gasteiger partial charge is 0.493 e. The molecule has 0 saturated carbocycles. The second kappa shape index (κ2) is 11.8. The average Bonchev–Trinajstić information content (AvgIpc) is 3.07. The highest BCUT2D eigenvalue weighted by Gasteiger charge is 2.34. The average molecular weight is 487 g/mol. The van der Waals surface area contributed by atoms with E-state index in [1.807, 2.05) is 31.2 Å². The lowest BCUT2D eigenvalue weighted by atomic mass is 10.2. The second-order valence-corrected chi connectivity index (χ2v) is 9.37. The van der Waals surface area contributed by atoms with Crippen LogP contribution < -0.4 is 14.8 Å². The van der Waals surface area contributed by atoms with E-state index in [-0.39, 0.29) is 30.1 Å². The zero-order valence-corrected chi connectivity index (χ0v) is 20.4. The zero-order valence-electron chi connectivity index (χ0n) is 18.8. The van der Waals surface area contributed by atoms with E-state index in [1.165, 1.54) is 12.7 Å². The van der Waals surface area contributed by atoms with Crippen LogP contribution in [0.1, 0.15) is 17.5 Å². The molecule has 1 aliphatic rings. The molecule has 33 heavy (non-hydrogen) atoms. The fourth-order valence-corrected chi connectivity index (χ4v) is 4.80. The van der Waals surface area contributed by atoms with Crippen molar-refractivity contribution in [3.8, 4) is 11.5 Å². The Morgan fingerprint density at radius 3 is 2.52 bits per heavy atom. The summed E-state index contributed by atoms with van der Waals surface area (Å²) >= 11 is 2.50. The first-order valence-electron chi connectivity index (χ1n) is 10.3. The lowest BCUT2D eigenvalue weighted by Crippen LogP contribution is -2.37. The lowest BCUT2D eigenvalue weighted by Gasteiger charge is -2.13. The maximum absolute atomic E-state index is 12.7. The van der Waals surface area contributed by atoms with E-state index in [1.54, 1.807) is 43.1 Å². The predicted octanol–water partition coefficient (Wildman–Crippen LogP) is 4.35. The third-order valence-electron chi connectivity index (χ3n) is 4.86. The van der Waals surface area contributed by atoms with E-state index < -0.39 is 0 Å². The van der Waals surface area contributed by atoms with Gasteiger partial charge < -0.3 is 14.8 Å². The summed E-state index contributed by atoms with van der Waals surface area (Å²) in [5, 5.41) is 2.43. The van der Waals surface area contributed by atoms with Crippen molar-refractivity contribution in [2.24, 2.45) is 0 Å². The van der Waals surface area contributed by atoms with Crippen LogP contribution in [0, 0.1) is 6.92 Å². The number of methoxy groups -OCH3 is 2. The normalized spacial score (nSPS) is 14.6. The highest BCUT2D eigenvalue weighted by molar-refractivity contribution is 8.18. The number of aryl methyl sites for hydroxylation is 1. The smallest absolute Gasteiger partial charge is 0.293 e. The number of imide groups is 1. The standard InChI is InChI=1S/C24H26N2O5S2/c1-16-4-7-18(8-5-16)32-13-10-22(27)25-11-12-26-23(28)21(33-24(26)29)15-17-6-9-19(30-2)20(14-17)31-3/h4-9,14-15H,10-13H2,1-3H3,(H,25,27)/b21-15+. The Kier molecular flexibility index (Phi) is 8.85. The summed E-state index contributed by atoms with van der Waals surface area (Å²) < 4.78 is 10.5. The molecule has 1 N–H and O–H groups in total. The molecule has 0 radical (unpaired) electrons. The predicted molar refractivity (Wildman–Crippen MR) is 132 cm³/mol. The van der Waals surface area contributed by atoms with Crippen LogP contribution in [0.4, 0.5) is 4.79 Å². The molecular weight excluding hydrogens is 460 g/mol. The van der Waals surface area contributed by atoms with Gasteiger partial charge in [-0.15, -0.1) is 11.8 Å². The molecule has 9 heteroatoms. The van der Waals surface area contributed by atoms with Gasteiger partial charge in [0.15, 0.2) is 11.5 Å². The number of nitrogens with one attached hydrogen (secondary N) is 1. The molecule has 0 aromatic heterocycles. The molecule has 0 aliphatic carbocycles. The van der Waals surface area contributed by atoms with Gasteiger partial charge in [-0.25, -0.2) is 0 Å². The third kappa shape index (κ3) is 6.79. The Balaban J connectivity index is 1.47. The first kappa shape index (κ1) is 24.7. The molecule has 0 unspecified atom stereocenters. The van der Waals surface area contributed by atoms with E-state index in [2.05, 4.69) is 5.32 Å². The molecule has 1 fully saturated rings. The van der Waals surface area contributed by atoms with Gasteiger partial charge in [-0.05, 0) is 54.6 Å². The van der Waals surface area contributed by atoms with Crippen molar-refractivity contribution in [3.05, 3.63) is 58.5 Å². The van der Waals surface area contributed by atoms with Gasteiger partial charge in [0, 0.05) is 30.2 Å². The van der Waals surface area contributed by atoms with Gasteiger partial charge in [0.25, 0.3) is 11.1 Å². The number of carbonyl (C=O) groups excluding carboxylic acids is 3. The van der Waals surface area contributed by atoms with Gasteiger partial charge in [-0.3, -0.25) is 19.3 Å². The van der Waals surface area contributed by atoms with Crippen LogP contribution in [0.2, 0.25) is 0 Å². The molecule has 2 aromatic rings. The quantitative estimate of drug-likeness (QED) is 0.395. The summed E-state index contributed by atoms with van der Waals surface area (Å²) in [5.41, 5.74) is 1.92. The molecule has 0 atom stereocenters. The first-order chi connectivity index (χ1) is 15.9. The van der Waals surface area contributed by atoms with Gasteiger partial charge in [0.2, 0.25) is 5.91 Å². The number of ether oxygens (including phenoxy) is 2. The van der Waals surface area contributed by atoms with Gasteiger partial charge in [-0.1, -0.05) is 23.8 Å². The first-order valence-corrected chi connectivity index (χ1v) is 12.1. The van der Waals surface area contributed by atoms with Crippen LogP contribution in [-0.4, -0.2) is 55.0 Å². The summed E-state index contributed by atoms with van der Waals surface area (Å²) in [6.07, 6.45) is 2.01. The van der Waals surface area contributed by atoms with Crippen molar-refractivity contribution in [1.82, 2.24) is 10.2 Å². The molecule has 3 rings (SSSR count).